The summed E-state index contributed by atoms with van der Waals surface area (Å²) in [7, 11) is -1.40. The Balaban J connectivity index is 1.94. The van der Waals surface area contributed by atoms with Gasteiger partial charge >= 0.3 is 6.09 Å². The van der Waals surface area contributed by atoms with Crippen molar-refractivity contribution in [1.82, 2.24) is 9.88 Å². The maximum absolute atomic E-state index is 10.8. The SMILES string of the molecule is C[Si](C)(C)C#Cc1ccc(O[C@H]2CCN(C(=O)O)C2)cn1. The van der Waals surface area contributed by atoms with Gasteiger partial charge in [-0.15, -0.1) is 5.54 Å². The van der Waals surface area contributed by atoms with Gasteiger partial charge in [-0.05, 0) is 12.1 Å². The molecular weight excluding hydrogens is 284 g/mol. The van der Waals surface area contributed by atoms with Crippen molar-refractivity contribution < 1.29 is 14.6 Å². The maximum atomic E-state index is 10.8. The van der Waals surface area contributed by atoms with E-state index < -0.39 is 14.2 Å². The van der Waals surface area contributed by atoms with Gasteiger partial charge in [0, 0.05) is 13.0 Å². The molecule has 2 rings (SSSR count). The number of carbonyl (C=O) groups is 1. The zero-order chi connectivity index (χ0) is 15.5. The molecule has 0 spiro atoms. The molecule has 2 heterocycles. The average Bonchev–Trinajstić information content (AvgIpc) is 2.86. The number of hydrogen-bond donors (Lipinski definition) is 1. The van der Waals surface area contributed by atoms with Gasteiger partial charge in [0.25, 0.3) is 0 Å². The topological polar surface area (TPSA) is 62.7 Å². The van der Waals surface area contributed by atoms with Crippen LogP contribution in [0.25, 0.3) is 0 Å². The van der Waals surface area contributed by atoms with E-state index in [9.17, 15) is 4.79 Å². The van der Waals surface area contributed by atoms with Gasteiger partial charge in [-0.2, -0.15) is 0 Å². The van der Waals surface area contributed by atoms with Gasteiger partial charge in [-0.3, -0.25) is 0 Å². The molecule has 1 amide bonds. The first-order valence-corrected chi connectivity index (χ1v) is 10.5. The Morgan fingerprint density at radius 1 is 1.48 bits per heavy atom. The Hall–Kier alpha value is -2.00. The van der Waals surface area contributed by atoms with Crippen LogP contribution < -0.4 is 4.74 Å². The Morgan fingerprint density at radius 2 is 2.24 bits per heavy atom. The molecule has 0 radical (unpaired) electrons. The summed E-state index contributed by atoms with van der Waals surface area (Å²) in [5.41, 5.74) is 4.00. The van der Waals surface area contributed by atoms with E-state index in [-0.39, 0.29) is 6.10 Å². The van der Waals surface area contributed by atoms with Crippen LogP contribution in [-0.4, -0.2) is 48.4 Å². The molecule has 21 heavy (non-hydrogen) atoms. The summed E-state index contributed by atoms with van der Waals surface area (Å²) in [5.74, 6) is 3.74. The second-order valence-electron chi connectivity index (χ2n) is 6.14. The van der Waals surface area contributed by atoms with E-state index in [4.69, 9.17) is 9.84 Å². The first-order valence-electron chi connectivity index (χ1n) is 6.97. The highest BCUT2D eigenvalue weighted by atomic mass is 28.3. The van der Waals surface area contributed by atoms with Gasteiger partial charge in [0.2, 0.25) is 0 Å². The van der Waals surface area contributed by atoms with Crippen LogP contribution in [0.3, 0.4) is 0 Å². The third kappa shape index (κ3) is 4.79. The van der Waals surface area contributed by atoms with Crippen LogP contribution in [0.5, 0.6) is 5.75 Å². The summed E-state index contributed by atoms with van der Waals surface area (Å²) < 4.78 is 5.75. The van der Waals surface area contributed by atoms with E-state index in [0.29, 0.717) is 25.3 Å². The van der Waals surface area contributed by atoms with Crippen LogP contribution >= 0.6 is 0 Å². The van der Waals surface area contributed by atoms with Gasteiger partial charge in [0.1, 0.15) is 25.6 Å². The lowest BCUT2D eigenvalue weighted by atomic mass is 10.3. The average molecular weight is 304 g/mol. The van der Waals surface area contributed by atoms with Gasteiger partial charge in [0.15, 0.2) is 0 Å². The molecule has 1 aromatic heterocycles. The van der Waals surface area contributed by atoms with Crippen LogP contribution in [0.1, 0.15) is 12.1 Å². The molecule has 1 aliphatic heterocycles. The van der Waals surface area contributed by atoms with Crippen molar-refractivity contribution in [3.63, 3.8) is 0 Å². The highest BCUT2D eigenvalue weighted by Crippen LogP contribution is 2.17. The first kappa shape index (κ1) is 15.4. The molecule has 112 valence electrons. The molecule has 0 bridgehead atoms. The molecular formula is C15H20N2O3Si. The largest absolute Gasteiger partial charge is 0.487 e. The van der Waals surface area contributed by atoms with Crippen molar-refractivity contribution in [1.29, 1.82) is 0 Å². The lowest BCUT2D eigenvalue weighted by Crippen LogP contribution is -2.29. The molecule has 1 aromatic rings. The number of amides is 1. The summed E-state index contributed by atoms with van der Waals surface area (Å²) in [5, 5.41) is 8.90. The van der Waals surface area contributed by atoms with Crippen molar-refractivity contribution in [2.45, 2.75) is 32.2 Å². The lowest BCUT2D eigenvalue weighted by Gasteiger charge is -2.14. The van der Waals surface area contributed by atoms with Crippen molar-refractivity contribution in [2.24, 2.45) is 0 Å². The van der Waals surface area contributed by atoms with Crippen LogP contribution in [0.2, 0.25) is 19.6 Å². The molecule has 1 saturated heterocycles. The van der Waals surface area contributed by atoms with Gasteiger partial charge in [0.05, 0.1) is 12.7 Å². The minimum atomic E-state index is -1.40. The Kier molecular flexibility index (Phi) is 4.53. The number of aromatic nitrogens is 1. The fourth-order valence-corrected chi connectivity index (χ4v) is 2.47. The molecule has 1 fully saturated rings. The third-order valence-corrected chi connectivity index (χ3v) is 3.90. The van der Waals surface area contributed by atoms with Gasteiger partial charge in [-0.1, -0.05) is 25.6 Å². The van der Waals surface area contributed by atoms with Crippen molar-refractivity contribution in [2.75, 3.05) is 13.1 Å². The summed E-state index contributed by atoms with van der Waals surface area (Å²) in [6, 6.07) is 3.68. The zero-order valence-corrected chi connectivity index (χ0v) is 13.6. The Bertz CT molecular complexity index is 569. The van der Waals surface area contributed by atoms with E-state index in [1.165, 1.54) is 4.90 Å². The van der Waals surface area contributed by atoms with E-state index in [0.717, 1.165) is 5.69 Å². The van der Waals surface area contributed by atoms with E-state index in [1.807, 2.05) is 12.1 Å². The zero-order valence-electron chi connectivity index (χ0n) is 12.6. The first-order chi connectivity index (χ1) is 9.83. The highest BCUT2D eigenvalue weighted by molar-refractivity contribution is 6.83. The second-order valence-corrected chi connectivity index (χ2v) is 10.9. The Labute approximate surface area is 126 Å². The van der Waals surface area contributed by atoms with Crippen LogP contribution in [0.4, 0.5) is 4.79 Å². The molecule has 0 unspecified atom stereocenters. The monoisotopic (exact) mass is 304 g/mol. The normalized spacial score (nSPS) is 18.0. The van der Waals surface area contributed by atoms with E-state index in [2.05, 4.69) is 36.1 Å². The summed E-state index contributed by atoms with van der Waals surface area (Å²) >= 11 is 0. The molecule has 1 aliphatic rings. The number of carboxylic acid groups (broad SMARTS) is 1. The van der Waals surface area contributed by atoms with Crippen molar-refractivity contribution >= 4 is 14.2 Å². The van der Waals surface area contributed by atoms with Gasteiger partial charge in [-0.25, -0.2) is 9.78 Å². The van der Waals surface area contributed by atoms with Crippen LogP contribution in [-0.2, 0) is 0 Å². The minimum absolute atomic E-state index is 0.0955. The molecule has 1 N–H and O–H groups in total. The predicted molar refractivity (Wildman–Crippen MR) is 83.1 cm³/mol. The quantitative estimate of drug-likeness (QED) is 0.673. The lowest BCUT2D eigenvalue weighted by molar-refractivity contribution is 0.145. The van der Waals surface area contributed by atoms with Crippen molar-refractivity contribution in [3.8, 4) is 17.2 Å². The Morgan fingerprint density at radius 3 is 2.76 bits per heavy atom. The fourth-order valence-electron chi connectivity index (χ4n) is 1.97. The molecule has 0 aromatic carbocycles. The maximum Gasteiger partial charge on any atom is 0.407 e. The summed E-state index contributed by atoms with van der Waals surface area (Å²) in [6.45, 7) is 7.49. The molecule has 0 aliphatic carbocycles. The number of nitrogens with zero attached hydrogens (tertiary/aromatic N) is 2. The molecule has 0 saturated carbocycles. The standard InChI is InChI=1S/C15H20N2O3Si/c1-21(2,3)9-7-12-4-5-13(10-16-12)20-14-6-8-17(11-14)15(18)19/h4-5,10,14H,6,8,11H2,1-3H3,(H,18,19)/t14-/m0/s1. The summed E-state index contributed by atoms with van der Waals surface area (Å²) in [4.78, 5) is 16.5. The number of rotatable bonds is 2. The number of likely N-dealkylation sites (tertiary alicyclic amines) is 1. The highest BCUT2D eigenvalue weighted by Gasteiger charge is 2.27. The smallest absolute Gasteiger partial charge is 0.407 e. The van der Waals surface area contributed by atoms with Gasteiger partial charge < -0.3 is 14.7 Å². The second kappa shape index (κ2) is 6.18. The summed E-state index contributed by atoms with van der Waals surface area (Å²) in [6.07, 6.45) is 1.37. The third-order valence-electron chi connectivity index (χ3n) is 3.02. The molecule has 1 atom stereocenters. The van der Waals surface area contributed by atoms with E-state index >= 15 is 0 Å². The predicted octanol–water partition coefficient (Wildman–Crippen LogP) is 2.44. The molecule has 6 heteroatoms. The molecule has 5 nitrogen and oxygen atoms in total. The number of pyridine rings is 1. The van der Waals surface area contributed by atoms with Crippen LogP contribution in [0, 0.1) is 11.5 Å². The fraction of sp³-hybridized carbons (Fsp3) is 0.467. The van der Waals surface area contributed by atoms with Crippen molar-refractivity contribution in [3.05, 3.63) is 24.0 Å². The number of hydrogen-bond acceptors (Lipinski definition) is 3. The van der Waals surface area contributed by atoms with E-state index in [1.54, 1.807) is 6.20 Å². The minimum Gasteiger partial charge on any atom is -0.487 e. The van der Waals surface area contributed by atoms with Crippen LogP contribution in [0.15, 0.2) is 18.3 Å². The number of ether oxygens (including phenoxy) is 1.